The van der Waals surface area contributed by atoms with E-state index >= 15 is 0 Å². The van der Waals surface area contributed by atoms with Gasteiger partial charge >= 0.3 is 5.97 Å². The van der Waals surface area contributed by atoms with Gasteiger partial charge in [0.05, 0.1) is 24.0 Å². The van der Waals surface area contributed by atoms with E-state index in [-0.39, 0.29) is 5.56 Å². The molecule has 0 saturated carbocycles. The Morgan fingerprint density at radius 3 is 2.94 bits per heavy atom. The third-order valence-corrected chi connectivity index (χ3v) is 3.18. The molecule has 1 heterocycles. The van der Waals surface area contributed by atoms with Gasteiger partial charge in [0.15, 0.2) is 5.76 Å². The Morgan fingerprint density at radius 1 is 1.50 bits per heavy atom. The number of benzene rings is 1. The molecule has 0 saturated heterocycles. The molecular formula is C12H12N2O3S. The lowest BCUT2D eigenvalue weighted by molar-refractivity contribution is 0.0694. The highest BCUT2D eigenvalue weighted by Gasteiger charge is 2.14. The largest absolute Gasteiger partial charge is 0.478 e. The molecular weight excluding hydrogens is 252 g/mol. The fourth-order valence-electron chi connectivity index (χ4n) is 1.58. The summed E-state index contributed by atoms with van der Waals surface area (Å²) in [6, 6.07) is 7.07. The van der Waals surface area contributed by atoms with Crippen molar-refractivity contribution in [1.82, 2.24) is 5.16 Å². The molecule has 0 spiro atoms. The SMILES string of the molecule is CSc1cccc(NCc2ccno2)c1C(=O)O. The summed E-state index contributed by atoms with van der Waals surface area (Å²) < 4.78 is 4.95. The molecule has 2 rings (SSSR count). The lowest BCUT2D eigenvalue weighted by Gasteiger charge is -2.11. The first-order chi connectivity index (χ1) is 8.72. The number of carboxylic acids is 1. The predicted molar refractivity (Wildman–Crippen MR) is 69.0 cm³/mol. The summed E-state index contributed by atoms with van der Waals surface area (Å²) in [5.41, 5.74) is 0.857. The Morgan fingerprint density at radius 2 is 2.33 bits per heavy atom. The number of nitrogens with zero attached hydrogens (tertiary/aromatic N) is 1. The van der Waals surface area contributed by atoms with Gasteiger partial charge in [-0.3, -0.25) is 0 Å². The third-order valence-electron chi connectivity index (χ3n) is 2.40. The zero-order valence-electron chi connectivity index (χ0n) is 9.71. The number of aromatic nitrogens is 1. The van der Waals surface area contributed by atoms with Crippen molar-refractivity contribution >= 4 is 23.4 Å². The van der Waals surface area contributed by atoms with Crippen molar-refractivity contribution in [2.45, 2.75) is 11.4 Å². The molecule has 18 heavy (non-hydrogen) atoms. The molecule has 1 aromatic carbocycles. The number of nitrogens with one attached hydrogen (secondary N) is 1. The minimum Gasteiger partial charge on any atom is -0.478 e. The van der Waals surface area contributed by atoms with Crippen molar-refractivity contribution in [3.8, 4) is 0 Å². The Labute approximate surface area is 108 Å². The summed E-state index contributed by atoms with van der Waals surface area (Å²) in [5.74, 6) is -0.291. The van der Waals surface area contributed by atoms with Gasteiger partial charge in [-0.1, -0.05) is 11.2 Å². The van der Waals surface area contributed by atoms with Crippen molar-refractivity contribution in [3.63, 3.8) is 0 Å². The van der Waals surface area contributed by atoms with E-state index in [1.807, 2.05) is 12.3 Å². The van der Waals surface area contributed by atoms with Crippen LogP contribution >= 0.6 is 11.8 Å². The Hall–Kier alpha value is -1.95. The molecule has 0 aliphatic rings. The fraction of sp³-hybridized carbons (Fsp3) is 0.167. The summed E-state index contributed by atoms with van der Waals surface area (Å²) >= 11 is 1.40. The highest BCUT2D eigenvalue weighted by atomic mass is 32.2. The molecule has 2 N–H and O–H groups in total. The van der Waals surface area contributed by atoms with Gasteiger partial charge < -0.3 is 14.9 Å². The van der Waals surface area contributed by atoms with Crippen LogP contribution in [-0.4, -0.2) is 22.5 Å². The zero-order valence-corrected chi connectivity index (χ0v) is 10.5. The van der Waals surface area contributed by atoms with Gasteiger partial charge in [-0.05, 0) is 18.4 Å². The summed E-state index contributed by atoms with van der Waals surface area (Å²) in [7, 11) is 0. The maximum Gasteiger partial charge on any atom is 0.338 e. The molecule has 94 valence electrons. The molecule has 0 aliphatic heterocycles. The van der Waals surface area contributed by atoms with E-state index in [4.69, 9.17) is 4.52 Å². The van der Waals surface area contributed by atoms with Crippen LogP contribution in [0.3, 0.4) is 0 Å². The first-order valence-corrected chi connectivity index (χ1v) is 6.48. The number of anilines is 1. The molecule has 6 heteroatoms. The summed E-state index contributed by atoms with van der Waals surface area (Å²) in [6.45, 7) is 0.401. The van der Waals surface area contributed by atoms with Gasteiger partial charge in [0.1, 0.15) is 0 Å². The summed E-state index contributed by atoms with van der Waals surface area (Å²) in [5, 5.41) is 15.9. The third kappa shape index (κ3) is 2.65. The Bertz CT molecular complexity index is 540. The lowest BCUT2D eigenvalue weighted by Crippen LogP contribution is -2.07. The number of rotatable bonds is 5. The molecule has 0 aliphatic carbocycles. The first-order valence-electron chi connectivity index (χ1n) is 5.26. The smallest absolute Gasteiger partial charge is 0.338 e. The molecule has 1 aromatic heterocycles. The van der Waals surface area contributed by atoms with Crippen molar-refractivity contribution in [3.05, 3.63) is 41.8 Å². The van der Waals surface area contributed by atoms with Crippen LogP contribution in [0.15, 0.2) is 39.9 Å². The molecule has 0 radical (unpaired) electrons. The Balaban J connectivity index is 2.24. The van der Waals surface area contributed by atoms with Crippen LogP contribution < -0.4 is 5.32 Å². The molecule has 2 aromatic rings. The van der Waals surface area contributed by atoms with Crippen molar-refractivity contribution in [2.75, 3.05) is 11.6 Å². The second-order valence-electron chi connectivity index (χ2n) is 3.52. The van der Waals surface area contributed by atoms with Gasteiger partial charge in [-0.2, -0.15) is 0 Å². The number of carbonyl (C=O) groups is 1. The quantitative estimate of drug-likeness (QED) is 0.809. The standard InChI is InChI=1S/C12H12N2O3S/c1-18-10-4-2-3-9(11(10)12(15)16)13-7-8-5-6-14-17-8/h2-6,13H,7H2,1H3,(H,15,16). The average Bonchev–Trinajstić information content (AvgIpc) is 2.88. The Kier molecular flexibility index (Phi) is 3.88. The van der Waals surface area contributed by atoms with E-state index in [1.54, 1.807) is 24.4 Å². The van der Waals surface area contributed by atoms with E-state index in [0.717, 1.165) is 4.90 Å². The van der Waals surface area contributed by atoms with Crippen molar-refractivity contribution < 1.29 is 14.4 Å². The van der Waals surface area contributed by atoms with E-state index in [1.165, 1.54) is 11.8 Å². The summed E-state index contributed by atoms with van der Waals surface area (Å²) in [6.07, 6.45) is 3.40. The van der Waals surface area contributed by atoms with Crippen molar-refractivity contribution in [1.29, 1.82) is 0 Å². The maximum absolute atomic E-state index is 11.3. The normalized spacial score (nSPS) is 10.3. The molecule has 5 nitrogen and oxygen atoms in total. The highest BCUT2D eigenvalue weighted by Crippen LogP contribution is 2.27. The van der Waals surface area contributed by atoms with E-state index < -0.39 is 5.97 Å². The second-order valence-corrected chi connectivity index (χ2v) is 4.37. The molecule has 0 bridgehead atoms. The van der Waals surface area contributed by atoms with Crippen LogP contribution in [-0.2, 0) is 6.54 Å². The zero-order chi connectivity index (χ0) is 13.0. The number of aromatic carboxylic acids is 1. The molecule has 0 fully saturated rings. The molecule has 0 amide bonds. The topological polar surface area (TPSA) is 75.4 Å². The molecule has 0 unspecified atom stereocenters. The number of hydrogen-bond donors (Lipinski definition) is 2. The minimum absolute atomic E-state index is 0.282. The van der Waals surface area contributed by atoms with Crippen LogP contribution in [0.25, 0.3) is 0 Å². The van der Waals surface area contributed by atoms with E-state index in [0.29, 0.717) is 18.0 Å². The molecule has 0 atom stereocenters. The summed E-state index contributed by atoms with van der Waals surface area (Å²) in [4.78, 5) is 12.0. The van der Waals surface area contributed by atoms with E-state index in [2.05, 4.69) is 10.5 Å². The van der Waals surface area contributed by atoms with Gasteiger partial charge in [0.2, 0.25) is 0 Å². The second kappa shape index (κ2) is 5.59. The van der Waals surface area contributed by atoms with Gasteiger partial charge in [0.25, 0.3) is 0 Å². The van der Waals surface area contributed by atoms with Crippen LogP contribution in [0.2, 0.25) is 0 Å². The van der Waals surface area contributed by atoms with Gasteiger partial charge in [0, 0.05) is 11.0 Å². The minimum atomic E-state index is -0.944. The van der Waals surface area contributed by atoms with E-state index in [9.17, 15) is 9.90 Å². The fourth-order valence-corrected chi connectivity index (χ4v) is 2.20. The monoisotopic (exact) mass is 264 g/mol. The highest BCUT2D eigenvalue weighted by molar-refractivity contribution is 7.98. The van der Waals surface area contributed by atoms with Crippen molar-refractivity contribution in [2.24, 2.45) is 0 Å². The number of thioether (sulfide) groups is 1. The average molecular weight is 264 g/mol. The number of hydrogen-bond acceptors (Lipinski definition) is 5. The van der Waals surface area contributed by atoms with Crippen LogP contribution in [0, 0.1) is 0 Å². The van der Waals surface area contributed by atoms with Crippen LogP contribution in [0.4, 0.5) is 5.69 Å². The van der Waals surface area contributed by atoms with Gasteiger partial charge in [-0.15, -0.1) is 11.8 Å². The van der Waals surface area contributed by atoms with Crippen LogP contribution in [0.1, 0.15) is 16.1 Å². The predicted octanol–water partition coefficient (Wildman–Crippen LogP) is 2.71. The van der Waals surface area contributed by atoms with Gasteiger partial charge in [-0.25, -0.2) is 4.79 Å². The first kappa shape index (κ1) is 12.5. The maximum atomic E-state index is 11.3. The van der Waals surface area contributed by atoms with Crippen LogP contribution in [0.5, 0.6) is 0 Å². The lowest BCUT2D eigenvalue weighted by atomic mass is 10.1. The number of carboxylic acid groups (broad SMARTS) is 1.